The highest BCUT2D eigenvalue weighted by Gasteiger charge is 2.13. The first-order valence-corrected chi connectivity index (χ1v) is 6.14. The van der Waals surface area contributed by atoms with E-state index >= 15 is 0 Å². The van der Waals surface area contributed by atoms with E-state index in [1.807, 2.05) is 31.1 Å². The van der Waals surface area contributed by atoms with E-state index in [1.165, 1.54) is 0 Å². The molecule has 0 aliphatic rings. The van der Waals surface area contributed by atoms with Crippen molar-refractivity contribution < 1.29 is 19.8 Å². The Labute approximate surface area is 117 Å². The summed E-state index contributed by atoms with van der Waals surface area (Å²) in [6.07, 6.45) is -1.51. The monoisotopic (exact) mass is 281 g/mol. The quantitative estimate of drug-likeness (QED) is 0.615. The summed E-state index contributed by atoms with van der Waals surface area (Å²) in [5, 5.41) is 22.7. The number of aliphatic hydroxyl groups excluding tert-OH is 1. The summed E-state index contributed by atoms with van der Waals surface area (Å²) in [5.41, 5.74) is 1.50. The number of anilines is 2. The number of urea groups is 1. The lowest BCUT2D eigenvalue weighted by Gasteiger charge is -2.18. The zero-order valence-corrected chi connectivity index (χ0v) is 11.5. The normalized spacial score (nSPS) is 11.6. The van der Waals surface area contributed by atoms with E-state index in [9.17, 15) is 9.59 Å². The Morgan fingerprint density at radius 1 is 1.30 bits per heavy atom. The van der Waals surface area contributed by atoms with Crippen LogP contribution >= 0.6 is 0 Å². The average Bonchev–Trinajstić information content (AvgIpc) is 2.38. The fourth-order valence-corrected chi connectivity index (χ4v) is 1.58. The van der Waals surface area contributed by atoms with E-state index in [-0.39, 0.29) is 13.0 Å². The molecule has 0 fully saturated rings. The molecule has 20 heavy (non-hydrogen) atoms. The number of nitrogens with one attached hydrogen (secondary N) is 2. The minimum atomic E-state index is -1.47. The fraction of sp³-hybridized carbons (Fsp3) is 0.385. The highest BCUT2D eigenvalue weighted by Crippen LogP contribution is 2.23. The third-order valence-electron chi connectivity index (χ3n) is 2.62. The van der Waals surface area contributed by atoms with Crippen LogP contribution in [0.15, 0.2) is 24.3 Å². The smallest absolute Gasteiger partial charge is 0.332 e. The minimum absolute atomic E-state index is 0.0436. The van der Waals surface area contributed by atoms with E-state index in [0.29, 0.717) is 5.69 Å². The van der Waals surface area contributed by atoms with Gasteiger partial charge in [-0.1, -0.05) is 12.1 Å². The van der Waals surface area contributed by atoms with Crippen LogP contribution in [-0.4, -0.2) is 49.0 Å². The van der Waals surface area contributed by atoms with Crippen LogP contribution < -0.4 is 15.5 Å². The molecule has 0 aliphatic heterocycles. The summed E-state index contributed by atoms with van der Waals surface area (Å²) in [4.78, 5) is 23.9. The Hall–Kier alpha value is -2.28. The summed E-state index contributed by atoms with van der Waals surface area (Å²) in [7, 11) is 3.73. The van der Waals surface area contributed by atoms with Crippen LogP contribution in [0, 0.1) is 0 Å². The van der Waals surface area contributed by atoms with Gasteiger partial charge in [-0.25, -0.2) is 9.59 Å². The van der Waals surface area contributed by atoms with Crippen molar-refractivity contribution in [2.24, 2.45) is 0 Å². The standard InChI is InChI=1S/C13H19N3O4/c1-16(2)10-6-4-3-5-9(10)15-13(20)14-8-7-11(17)12(18)19/h3-6,11,17H,7-8H2,1-2H3,(H,18,19)(H2,14,15,20)/t11-/m0/s1. The summed E-state index contributed by atoms with van der Waals surface area (Å²) in [5.74, 6) is -1.30. The zero-order chi connectivity index (χ0) is 15.1. The second kappa shape index (κ2) is 7.34. The van der Waals surface area contributed by atoms with Gasteiger partial charge in [0.1, 0.15) is 0 Å². The van der Waals surface area contributed by atoms with Crippen LogP contribution in [0.25, 0.3) is 0 Å². The summed E-state index contributed by atoms with van der Waals surface area (Å²) in [6.45, 7) is 0.0728. The van der Waals surface area contributed by atoms with Crippen molar-refractivity contribution >= 4 is 23.4 Å². The summed E-state index contributed by atoms with van der Waals surface area (Å²) < 4.78 is 0. The van der Waals surface area contributed by atoms with Crippen LogP contribution in [-0.2, 0) is 4.79 Å². The second-order valence-electron chi connectivity index (χ2n) is 4.44. The molecule has 0 radical (unpaired) electrons. The molecule has 0 aromatic heterocycles. The maximum atomic E-state index is 11.7. The molecular weight excluding hydrogens is 262 g/mol. The largest absolute Gasteiger partial charge is 0.479 e. The Kier molecular flexibility index (Phi) is 5.79. The van der Waals surface area contributed by atoms with Crippen LogP contribution in [0.3, 0.4) is 0 Å². The Bertz CT molecular complexity index is 476. The third kappa shape index (κ3) is 4.77. The number of carboxylic acids is 1. The maximum Gasteiger partial charge on any atom is 0.332 e. The SMILES string of the molecule is CN(C)c1ccccc1NC(=O)NCC[C@H](O)C(=O)O. The molecule has 0 heterocycles. The number of benzene rings is 1. The molecule has 0 bridgehead atoms. The van der Waals surface area contributed by atoms with Crippen LogP contribution in [0.5, 0.6) is 0 Å². The molecule has 1 atom stereocenters. The summed E-state index contributed by atoms with van der Waals surface area (Å²) in [6, 6.07) is 6.85. The van der Waals surface area contributed by atoms with E-state index in [1.54, 1.807) is 12.1 Å². The number of aliphatic carboxylic acids is 1. The Morgan fingerprint density at radius 2 is 1.95 bits per heavy atom. The number of carboxylic acid groups (broad SMARTS) is 1. The molecule has 7 heteroatoms. The molecule has 1 rings (SSSR count). The topological polar surface area (TPSA) is 102 Å². The van der Waals surface area contributed by atoms with E-state index in [0.717, 1.165) is 5.69 Å². The van der Waals surface area contributed by atoms with Gasteiger partial charge in [-0.15, -0.1) is 0 Å². The molecule has 0 unspecified atom stereocenters. The molecular formula is C13H19N3O4. The number of rotatable bonds is 6. The average molecular weight is 281 g/mol. The summed E-state index contributed by atoms with van der Waals surface area (Å²) >= 11 is 0. The molecule has 110 valence electrons. The van der Waals surface area contributed by atoms with E-state index in [4.69, 9.17) is 10.2 Å². The predicted molar refractivity (Wildman–Crippen MR) is 76.1 cm³/mol. The number of para-hydroxylation sites is 2. The van der Waals surface area contributed by atoms with Gasteiger partial charge in [0.2, 0.25) is 0 Å². The molecule has 0 saturated carbocycles. The van der Waals surface area contributed by atoms with Crippen LogP contribution in [0.1, 0.15) is 6.42 Å². The van der Waals surface area contributed by atoms with Crippen molar-refractivity contribution in [2.45, 2.75) is 12.5 Å². The Morgan fingerprint density at radius 3 is 2.55 bits per heavy atom. The number of hydrogen-bond acceptors (Lipinski definition) is 4. The van der Waals surface area contributed by atoms with Gasteiger partial charge in [0.15, 0.2) is 6.10 Å². The zero-order valence-electron chi connectivity index (χ0n) is 11.5. The van der Waals surface area contributed by atoms with Crippen molar-refractivity contribution in [3.8, 4) is 0 Å². The fourth-order valence-electron chi connectivity index (χ4n) is 1.58. The van der Waals surface area contributed by atoms with E-state index < -0.39 is 18.1 Å². The van der Waals surface area contributed by atoms with Crippen molar-refractivity contribution in [2.75, 3.05) is 30.9 Å². The molecule has 0 saturated heterocycles. The molecule has 2 amide bonds. The molecule has 4 N–H and O–H groups in total. The maximum absolute atomic E-state index is 11.7. The lowest BCUT2D eigenvalue weighted by molar-refractivity contribution is -0.146. The van der Waals surface area contributed by atoms with Crippen molar-refractivity contribution in [3.63, 3.8) is 0 Å². The lowest BCUT2D eigenvalue weighted by Crippen LogP contribution is -2.33. The van der Waals surface area contributed by atoms with Gasteiger partial charge in [0, 0.05) is 27.1 Å². The molecule has 7 nitrogen and oxygen atoms in total. The molecule has 0 spiro atoms. The highest BCUT2D eigenvalue weighted by atomic mass is 16.4. The van der Waals surface area contributed by atoms with Crippen LogP contribution in [0.4, 0.5) is 16.2 Å². The van der Waals surface area contributed by atoms with E-state index in [2.05, 4.69) is 10.6 Å². The van der Waals surface area contributed by atoms with Crippen molar-refractivity contribution in [1.29, 1.82) is 0 Å². The minimum Gasteiger partial charge on any atom is -0.479 e. The van der Waals surface area contributed by atoms with Gasteiger partial charge in [0.05, 0.1) is 11.4 Å². The number of hydrogen-bond donors (Lipinski definition) is 4. The van der Waals surface area contributed by atoms with Gasteiger partial charge in [-0.3, -0.25) is 0 Å². The number of carbonyl (C=O) groups excluding carboxylic acids is 1. The molecule has 1 aromatic rings. The first-order chi connectivity index (χ1) is 9.41. The van der Waals surface area contributed by atoms with Gasteiger partial charge < -0.3 is 25.7 Å². The number of amides is 2. The Balaban J connectivity index is 2.49. The second-order valence-corrected chi connectivity index (χ2v) is 4.44. The first kappa shape index (κ1) is 15.8. The number of nitrogens with zero attached hydrogens (tertiary/aromatic N) is 1. The first-order valence-electron chi connectivity index (χ1n) is 6.14. The van der Waals surface area contributed by atoms with Crippen LogP contribution in [0.2, 0.25) is 0 Å². The molecule has 1 aromatic carbocycles. The van der Waals surface area contributed by atoms with Gasteiger partial charge in [-0.2, -0.15) is 0 Å². The third-order valence-corrected chi connectivity index (χ3v) is 2.62. The lowest BCUT2D eigenvalue weighted by atomic mass is 10.2. The van der Waals surface area contributed by atoms with Gasteiger partial charge in [-0.05, 0) is 12.1 Å². The number of aliphatic hydroxyl groups is 1. The van der Waals surface area contributed by atoms with Gasteiger partial charge >= 0.3 is 12.0 Å². The van der Waals surface area contributed by atoms with Crippen molar-refractivity contribution in [1.82, 2.24) is 5.32 Å². The number of carbonyl (C=O) groups is 2. The van der Waals surface area contributed by atoms with Crippen molar-refractivity contribution in [3.05, 3.63) is 24.3 Å². The van der Waals surface area contributed by atoms with Gasteiger partial charge in [0.25, 0.3) is 0 Å². The molecule has 0 aliphatic carbocycles. The highest BCUT2D eigenvalue weighted by molar-refractivity contribution is 5.93. The predicted octanol–water partition coefficient (Wildman–Crippen LogP) is 0.710.